The van der Waals surface area contributed by atoms with Gasteiger partial charge in [0.1, 0.15) is 0 Å². The van der Waals surface area contributed by atoms with Crippen LogP contribution in [0.25, 0.3) is 0 Å². The van der Waals surface area contributed by atoms with Crippen molar-refractivity contribution in [2.45, 2.75) is 50.7 Å². The van der Waals surface area contributed by atoms with E-state index in [-0.39, 0.29) is 35.7 Å². The van der Waals surface area contributed by atoms with Crippen LogP contribution in [0.15, 0.2) is 30.3 Å². The van der Waals surface area contributed by atoms with Gasteiger partial charge in [0.15, 0.2) is 0 Å². The number of rotatable bonds is 8. The van der Waals surface area contributed by atoms with Gasteiger partial charge in [0.05, 0.1) is 11.9 Å². The maximum absolute atomic E-state index is 12.7. The van der Waals surface area contributed by atoms with Crippen LogP contribution in [0.3, 0.4) is 0 Å². The summed E-state index contributed by atoms with van der Waals surface area (Å²) in [4.78, 5) is 15.1. The first-order chi connectivity index (χ1) is 14.4. The Bertz CT molecular complexity index is 800. The van der Waals surface area contributed by atoms with E-state index in [2.05, 4.69) is 10.2 Å². The standard InChI is InChI=1S/C22H35N3O4S.ClH/c1-3-16-30(27,28)25-14-12-24(13-15-25)22(11-7-10-20(17-22)29-2)18-23-21(26)19-8-5-4-6-9-19;/h4-6,8-9,20H,3,7,10-18H2,1-2H3,(H,23,26);1H. The molecule has 1 amide bonds. The zero-order valence-electron chi connectivity index (χ0n) is 18.6. The number of carbonyl (C=O) groups is 1. The molecule has 0 spiro atoms. The van der Waals surface area contributed by atoms with Crippen LogP contribution in [0.1, 0.15) is 49.4 Å². The summed E-state index contributed by atoms with van der Waals surface area (Å²) in [6.07, 6.45) is 4.68. The summed E-state index contributed by atoms with van der Waals surface area (Å²) in [6, 6.07) is 9.26. The topological polar surface area (TPSA) is 79.0 Å². The van der Waals surface area contributed by atoms with Crippen LogP contribution in [0.4, 0.5) is 0 Å². The van der Waals surface area contributed by atoms with Crippen molar-refractivity contribution in [3.63, 3.8) is 0 Å². The molecule has 1 aromatic carbocycles. The number of nitrogens with zero attached hydrogens (tertiary/aromatic N) is 2. The van der Waals surface area contributed by atoms with E-state index >= 15 is 0 Å². The van der Waals surface area contributed by atoms with Gasteiger partial charge in [-0.3, -0.25) is 9.69 Å². The predicted molar refractivity (Wildman–Crippen MR) is 125 cm³/mol. The molecule has 2 unspecified atom stereocenters. The van der Waals surface area contributed by atoms with Crippen LogP contribution in [0.2, 0.25) is 0 Å². The summed E-state index contributed by atoms with van der Waals surface area (Å²) in [7, 11) is -1.42. The number of amides is 1. The highest BCUT2D eigenvalue weighted by Gasteiger charge is 2.43. The van der Waals surface area contributed by atoms with Crippen molar-refractivity contribution in [3.05, 3.63) is 35.9 Å². The van der Waals surface area contributed by atoms with Crippen molar-refractivity contribution < 1.29 is 17.9 Å². The molecule has 2 atom stereocenters. The Balaban J connectivity index is 0.00000341. The summed E-state index contributed by atoms with van der Waals surface area (Å²) in [5, 5.41) is 3.15. The molecule has 1 aliphatic heterocycles. The van der Waals surface area contributed by atoms with Crippen molar-refractivity contribution in [3.8, 4) is 0 Å². The van der Waals surface area contributed by atoms with E-state index in [9.17, 15) is 13.2 Å². The largest absolute Gasteiger partial charge is 0.381 e. The highest BCUT2D eigenvalue weighted by Crippen LogP contribution is 2.35. The lowest BCUT2D eigenvalue weighted by Gasteiger charge is -2.51. The minimum atomic E-state index is -3.17. The Morgan fingerprint density at radius 2 is 1.87 bits per heavy atom. The Labute approximate surface area is 193 Å². The number of nitrogens with one attached hydrogen (secondary N) is 1. The van der Waals surface area contributed by atoms with Gasteiger partial charge >= 0.3 is 0 Å². The van der Waals surface area contributed by atoms with E-state index in [1.54, 1.807) is 11.4 Å². The fourth-order valence-electron chi connectivity index (χ4n) is 4.81. The van der Waals surface area contributed by atoms with Crippen molar-refractivity contribution >= 4 is 28.3 Å². The van der Waals surface area contributed by atoms with E-state index < -0.39 is 10.0 Å². The van der Waals surface area contributed by atoms with E-state index in [4.69, 9.17) is 4.74 Å². The van der Waals surface area contributed by atoms with Crippen LogP contribution >= 0.6 is 12.4 Å². The number of hydrogen-bond acceptors (Lipinski definition) is 5. The molecule has 1 N–H and O–H groups in total. The molecule has 31 heavy (non-hydrogen) atoms. The fourth-order valence-corrected chi connectivity index (χ4v) is 6.31. The predicted octanol–water partition coefficient (Wildman–Crippen LogP) is 2.52. The van der Waals surface area contributed by atoms with E-state index in [1.807, 2.05) is 37.3 Å². The van der Waals surface area contributed by atoms with Gasteiger partial charge in [-0.25, -0.2) is 8.42 Å². The third-order valence-electron chi connectivity index (χ3n) is 6.49. The molecule has 0 radical (unpaired) electrons. The van der Waals surface area contributed by atoms with Crippen LogP contribution in [-0.2, 0) is 14.8 Å². The Hall–Kier alpha value is -1.19. The Kier molecular flexibility index (Phi) is 9.76. The molecule has 2 fully saturated rings. The number of halogens is 1. The lowest BCUT2D eigenvalue weighted by molar-refractivity contribution is -0.0355. The van der Waals surface area contributed by atoms with Gasteiger partial charge in [-0.15, -0.1) is 12.4 Å². The van der Waals surface area contributed by atoms with Gasteiger partial charge < -0.3 is 10.1 Å². The molecule has 7 nitrogen and oxygen atoms in total. The van der Waals surface area contributed by atoms with E-state index in [1.165, 1.54) is 0 Å². The smallest absolute Gasteiger partial charge is 0.251 e. The number of methoxy groups -OCH3 is 1. The Morgan fingerprint density at radius 3 is 2.48 bits per heavy atom. The van der Waals surface area contributed by atoms with E-state index in [0.717, 1.165) is 25.7 Å². The van der Waals surface area contributed by atoms with E-state index in [0.29, 0.717) is 44.7 Å². The second-order valence-electron chi connectivity index (χ2n) is 8.43. The maximum Gasteiger partial charge on any atom is 0.251 e. The first-order valence-electron chi connectivity index (χ1n) is 11.0. The molecular formula is C22H36ClN3O4S. The second-order valence-corrected chi connectivity index (χ2v) is 10.5. The van der Waals surface area contributed by atoms with Gasteiger partial charge in [0.2, 0.25) is 10.0 Å². The lowest BCUT2D eigenvalue weighted by atomic mass is 9.78. The third-order valence-corrected chi connectivity index (χ3v) is 8.56. The van der Waals surface area contributed by atoms with Crippen molar-refractivity contribution in [2.75, 3.05) is 45.6 Å². The molecule has 1 aliphatic carbocycles. The quantitative estimate of drug-likeness (QED) is 0.627. The molecule has 1 saturated carbocycles. The monoisotopic (exact) mass is 473 g/mol. The molecule has 1 heterocycles. The van der Waals surface area contributed by atoms with Crippen LogP contribution in [-0.4, -0.2) is 80.8 Å². The number of benzene rings is 1. The van der Waals surface area contributed by atoms with Gasteiger partial charge in [0.25, 0.3) is 5.91 Å². The molecule has 0 bridgehead atoms. The SMILES string of the molecule is CCCS(=O)(=O)N1CCN(C2(CNC(=O)c3ccccc3)CCCC(OC)C2)CC1.Cl. The highest BCUT2D eigenvalue weighted by atomic mass is 35.5. The zero-order valence-corrected chi connectivity index (χ0v) is 20.2. The van der Waals surface area contributed by atoms with Gasteiger partial charge in [-0.2, -0.15) is 4.31 Å². The maximum atomic E-state index is 12.7. The molecule has 2 aliphatic rings. The summed E-state index contributed by atoms with van der Waals surface area (Å²) in [5.74, 6) is 0.135. The summed E-state index contributed by atoms with van der Waals surface area (Å²) < 4.78 is 32.2. The average molecular weight is 474 g/mol. The summed E-state index contributed by atoms with van der Waals surface area (Å²) in [5.41, 5.74) is 0.450. The minimum absolute atomic E-state index is 0. The molecular weight excluding hydrogens is 438 g/mol. The number of carbonyl (C=O) groups excluding carboxylic acids is 1. The highest BCUT2D eigenvalue weighted by molar-refractivity contribution is 7.89. The van der Waals surface area contributed by atoms with Crippen LogP contribution in [0.5, 0.6) is 0 Å². The van der Waals surface area contributed by atoms with Gasteiger partial charge in [-0.05, 0) is 44.2 Å². The molecule has 0 aromatic heterocycles. The average Bonchev–Trinajstić information content (AvgIpc) is 2.78. The first kappa shape index (κ1) is 26.1. The number of piperazine rings is 1. The number of hydrogen-bond donors (Lipinski definition) is 1. The first-order valence-corrected chi connectivity index (χ1v) is 12.6. The number of sulfonamides is 1. The fraction of sp³-hybridized carbons (Fsp3) is 0.682. The Morgan fingerprint density at radius 1 is 1.19 bits per heavy atom. The third kappa shape index (κ3) is 6.42. The van der Waals surface area contributed by atoms with Crippen molar-refractivity contribution in [1.29, 1.82) is 0 Å². The molecule has 1 aromatic rings. The molecule has 176 valence electrons. The summed E-state index contributed by atoms with van der Waals surface area (Å²) in [6.45, 7) is 4.82. The van der Waals surface area contributed by atoms with Gasteiger partial charge in [0, 0.05) is 50.9 Å². The van der Waals surface area contributed by atoms with Crippen LogP contribution < -0.4 is 5.32 Å². The molecule has 1 saturated heterocycles. The molecule has 3 rings (SSSR count). The number of ether oxygens (including phenoxy) is 1. The second kappa shape index (κ2) is 11.6. The molecule has 9 heteroatoms. The normalized spacial score (nSPS) is 25.5. The zero-order chi connectivity index (χ0) is 21.6. The minimum Gasteiger partial charge on any atom is -0.381 e. The summed E-state index contributed by atoms with van der Waals surface area (Å²) >= 11 is 0. The van der Waals surface area contributed by atoms with Crippen molar-refractivity contribution in [1.82, 2.24) is 14.5 Å². The van der Waals surface area contributed by atoms with Gasteiger partial charge in [-0.1, -0.05) is 25.1 Å². The lowest BCUT2D eigenvalue weighted by Crippen LogP contribution is -2.63. The van der Waals surface area contributed by atoms with Crippen LogP contribution in [0, 0.1) is 0 Å². The van der Waals surface area contributed by atoms with Crippen molar-refractivity contribution in [2.24, 2.45) is 0 Å².